The fourth-order valence-corrected chi connectivity index (χ4v) is 0.779. The Morgan fingerprint density at radius 2 is 1.69 bits per heavy atom. The molecule has 0 aromatic heterocycles. The zero-order chi connectivity index (χ0) is 11.1. The van der Waals surface area contributed by atoms with E-state index in [1.54, 1.807) is 6.26 Å². The van der Waals surface area contributed by atoms with Gasteiger partial charge in [-0.3, -0.25) is 0 Å². The van der Waals surface area contributed by atoms with Crippen molar-refractivity contribution in [3.63, 3.8) is 0 Å². The molecule has 1 aromatic carbocycles. The number of aromatic carboxylic acids is 2. The molecule has 0 heterocycles. The zero-order valence-corrected chi connectivity index (χ0v) is 13.1. The summed E-state index contributed by atoms with van der Waals surface area (Å²) in [5.41, 5.74) is -0.188. The van der Waals surface area contributed by atoms with Gasteiger partial charge in [0, 0.05) is 0 Å². The summed E-state index contributed by atoms with van der Waals surface area (Å²) >= 11 is 2.97. The molecule has 0 atom stereocenters. The van der Waals surface area contributed by atoms with Crippen LogP contribution in [-0.4, -0.2) is 28.8 Å². The number of hydrogen-bond donors (Lipinski definition) is 1. The van der Waals surface area contributed by atoms with Gasteiger partial charge in [-0.1, -0.05) is 12.1 Å². The summed E-state index contributed by atoms with van der Waals surface area (Å²) in [6, 6.07) is 5.00. The van der Waals surface area contributed by atoms with Gasteiger partial charge in [0.15, 0.2) is 0 Å². The molecule has 0 unspecified atom stereocenters. The van der Waals surface area contributed by atoms with Crippen molar-refractivity contribution in [3.8, 4) is 0 Å². The molecule has 5 nitrogen and oxygen atoms in total. The van der Waals surface area contributed by atoms with Gasteiger partial charge < -0.3 is 20.5 Å². The van der Waals surface area contributed by atoms with Crippen LogP contribution >= 0.6 is 0 Å². The van der Waals surface area contributed by atoms with Crippen LogP contribution < -0.4 is 56.5 Å². The molecule has 0 bridgehead atoms. The van der Waals surface area contributed by atoms with E-state index in [0.717, 1.165) is 6.07 Å². The molecule has 0 aliphatic heterocycles. The minimum atomic E-state index is -1.38. The molecule has 0 saturated carbocycles. The third-order valence-corrected chi connectivity index (χ3v) is 1.35. The Labute approximate surface area is 141 Å². The molecule has 0 aliphatic rings. The van der Waals surface area contributed by atoms with Gasteiger partial charge >= 0.3 is 57.4 Å². The molecule has 0 aliphatic carbocycles. The second-order valence-corrected chi connectivity index (χ2v) is 2.17. The number of carboxylic acid groups (broad SMARTS) is 2. The van der Waals surface area contributed by atoms with Crippen LogP contribution in [0.4, 0.5) is 0 Å². The first-order chi connectivity index (χ1) is 6.61. The predicted octanol–water partition coefficient (Wildman–Crippen LogP) is -3.80. The molecule has 0 radical (unpaired) electrons. The van der Waals surface area contributed by atoms with E-state index in [9.17, 15) is 14.7 Å². The fourth-order valence-electron chi connectivity index (χ4n) is 0.779. The number of benzene rings is 1. The number of carboxylic acids is 2. The third-order valence-electron chi connectivity index (χ3n) is 1.35. The molecule has 1 aromatic rings. The van der Waals surface area contributed by atoms with Gasteiger partial charge in [0.2, 0.25) is 0 Å². The molecule has 84 valence electrons. The predicted molar refractivity (Wildman–Crippen MR) is 55.7 cm³/mol. The second kappa shape index (κ2) is 11.6. The van der Waals surface area contributed by atoms with Gasteiger partial charge in [-0.15, -0.1) is 0 Å². The Bertz CT molecular complexity index is 313. The van der Waals surface area contributed by atoms with Gasteiger partial charge in [0.25, 0.3) is 0 Å². The Kier molecular flexibility index (Phi) is 15.5. The summed E-state index contributed by atoms with van der Waals surface area (Å²) in [5.74, 6) is -2.53. The molecular weight excluding hydrogens is 259 g/mol. The van der Waals surface area contributed by atoms with Crippen LogP contribution in [0.2, 0.25) is 0 Å². The molecule has 1 rings (SSSR count). The van der Waals surface area contributed by atoms with Crippen molar-refractivity contribution >= 4 is 24.6 Å². The maximum absolute atomic E-state index is 10.4. The maximum Gasteiger partial charge on any atom is 1.00 e. The number of rotatable bonds is 2. The molecule has 16 heavy (non-hydrogen) atoms. The summed E-state index contributed by atoms with van der Waals surface area (Å²) in [6.07, 6.45) is 1.81. The van der Waals surface area contributed by atoms with Gasteiger partial charge in [0.1, 0.15) is 0 Å². The Hall–Kier alpha value is 0.106. The minimum absolute atomic E-state index is 0. The van der Waals surface area contributed by atoms with Crippen molar-refractivity contribution in [2.24, 2.45) is 0 Å². The summed E-state index contributed by atoms with van der Waals surface area (Å²) in [7, 11) is 0. The molecule has 0 fully saturated rings. The van der Waals surface area contributed by atoms with Gasteiger partial charge in [0.05, 0.1) is 17.8 Å². The monoisotopic (exact) mass is 270 g/mol. The smallest absolute Gasteiger partial charge is 0.870 e. The summed E-state index contributed by atoms with van der Waals surface area (Å²) in [5, 5.41) is 18.7. The standard InChI is InChI=1S/C8H6O4.CH4S.K.H2O/c9-7(10)5-2-1-3-6(4-5)8(11)12;1-2;;/h1-4H,(H,9,10)(H,11,12);2H,1H3;;1H2/q;;+1;/p-1. The Morgan fingerprint density at radius 1 is 1.25 bits per heavy atom. The van der Waals surface area contributed by atoms with E-state index >= 15 is 0 Å². The van der Waals surface area contributed by atoms with Crippen LogP contribution in [0, 0.1) is 0 Å². The van der Waals surface area contributed by atoms with Crippen molar-refractivity contribution in [2.45, 2.75) is 0 Å². The van der Waals surface area contributed by atoms with Crippen molar-refractivity contribution in [2.75, 3.05) is 6.26 Å². The quantitative estimate of drug-likeness (QED) is 0.438. The zero-order valence-electron chi connectivity index (χ0n) is 8.93. The first kappa shape index (κ1) is 21.4. The second-order valence-electron chi connectivity index (χ2n) is 2.17. The average molecular weight is 270 g/mol. The van der Waals surface area contributed by atoms with E-state index < -0.39 is 11.9 Å². The summed E-state index contributed by atoms with van der Waals surface area (Å²) in [6.45, 7) is 0. The first-order valence-corrected chi connectivity index (χ1v) is 4.66. The number of hydrogen-bond acceptors (Lipinski definition) is 4. The molecule has 0 saturated heterocycles. The SMILES string of the molecule is C[SH2+].O=C([O-])c1cccc(C(=O)O)c1.[K+].[OH-]. The van der Waals surface area contributed by atoms with Crippen molar-refractivity contribution < 1.29 is 76.7 Å². The summed E-state index contributed by atoms with van der Waals surface area (Å²) in [4.78, 5) is 20.6. The van der Waals surface area contributed by atoms with Crippen molar-refractivity contribution in [1.29, 1.82) is 0 Å². The van der Waals surface area contributed by atoms with E-state index in [-0.39, 0.29) is 68.0 Å². The fraction of sp³-hybridized carbons (Fsp3) is 0.111. The molecule has 2 N–H and O–H groups in total. The van der Waals surface area contributed by atoms with Crippen LogP contribution in [0.5, 0.6) is 0 Å². The van der Waals surface area contributed by atoms with Crippen LogP contribution in [0.25, 0.3) is 0 Å². The minimum Gasteiger partial charge on any atom is -0.870 e. The normalized spacial score (nSPS) is 7.38. The van der Waals surface area contributed by atoms with Crippen LogP contribution in [0.1, 0.15) is 20.7 Å². The van der Waals surface area contributed by atoms with Gasteiger partial charge in [-0.05, 0) is 30.3 Å². The molecular formula is C9H11KO5S. The number of carbonyl (C=O) groups excluding carboxylic acids is 1. The first-order valence-electron chi connectivity index (χ1n) is 3.66. The molecule has 7 heteroatoms. The van der Waals surface area contributed by atoms with Crippen LogP contribution in [0.15, 0.2) is 24.3 Å². The number of carbonyl (C=O) groups is 2. The van der Waals surface area contributed by atoms with Gasteiger partial charge in [-0.25, -0.2) is 4.79 Å². The third kappa shape index (κ3) is 7.39. The van der Waals surface area contributed by atoms with E-state index in [0.29, 0.717) is 0 Å². The van der Waals surface area contributed by atoms with Crippen molar-refractivity contribution in [3.05, 3.63) is 35.4 Å². The van der Waals surface area contributed by atoms with Crippen molar-refractivity contribution in [1.82, 2.24) is 0 Å². The molecule has 0 amide bonds. The van der Waals surface area contributed by atoms with Crippen LogP contribution in [0.3, 0.4) is 0 Å². The largest absolute Gasteiger partial charge is 1.00 e. The van der Waals surface area contributed by atoms with E-state index in [4.69, 9.17) is 5.11 Å². The Balaban J connectivity index is -0.000000399. The molecule has 0 spiro atoms. The van der Waals surface area contributed by atoms with E-state index in [1.165, 1.54) is 18.2 Å². The summed E-state index contributed by atoms with van der Waals surface area (Å²) < 4.78 is 0. The topological polar surface area (TPSA) is 107 Å². The van der Waals surface area contributed by atoms with E-state index in [1.807, 2.05) is 0 Å². The maximum atomic E-state index is 10.4. The van der Waals surface area contributed by atoms with Gasteiger partial charge in [-0.2, -0.15) is 0 Å². The van der Waals surface area contributed by atoms with E-state index in [2.05, 4.69) is 12.6 Å². The Morgan fingerprint density at radius 3 is 2.06 bits per heavy atom. The van der Waals surface area contributed by atoms with Crippen LogP contribution in [-0.2, 0) is 12.6 Å². The average Bonchev–Trinajstić information content (AvgIpc) is 2.21.